The van der Waals surface area contributed by atoms with Crippen LogP contribution in [0.1, 0.15) is 26.7 Å². The molecule has 2 N–H and O–H groups in total. The van der Waals surface area contributed by atoms with Gasteiger partial charge in [-0.25, -0.2) is 0 Å². The number of aliphatic carboxylic acids is 2. The summed E-state index contributed by atoms with van der Waals surface area (Å²) in [6.45, 7) is 3.09. The van der Waals surface area contributed by atoms with Crippen LogP contribution in [0.4, 0.5) is 0 Å². The van der Waals surface area contributed by atoms with E-state index in [4.69, 9.17) is 20.7 Å². The van der Waals surface area contributed by atoms with Crippen LogP contribution in [-0.4, -0.2) is 34.2 Å². The van der Waals surface area contributed by atoms with Crippen LogP contribution in [0.3, 0.4) is 0 Å². The van der Waals surface area contributed by atoms with Gasteiger partial charge in [0.1, 0.15) is 0 Å². The topological polar surface area (TPSA) is 147 Å². The molecule has 0 rings (SSSR count). The number of carboxylic acid groups (broad SMARTS) is 2. The number of carboxylic acids is 2. The van der Waals surface area contributed by atoms with Crippen molar-refractivity contribution in [2.24, 2.45) is 22.1 Å². The largest absolute Gasteiger partial charge is 0.481 e. The molecule has 0 saturated carbocycles. The highest BCUT2D eigenvalue weighted by molar-refractivity contribution is 5.67. The Morgan fingerprint density at radius 1 is 0.950 bits per heavy atom. The Hall–Kier alpha value is -2.48. The van der Waals surface area contributed by atoms with E-state index in [1.54, 1.807) is 13.8 Å². The molecule has 0 aromatic rings. The van der Waals surface area contributed by atoms with Gasteiger partial charge in [0.05, 0.1) is 25.0 Å². The van der Waals surface area contributed by atoms with Gasteiger partial charge in [-0.2, -0.15) is 20.8 Å². The van der Waals surface area contributed by atoms with E-state index in [1.165, 1.54) is 0 Å². The lowest BCUT2D eigenvalue weighted by Gasteiger charge is -2.13. The van der Waals surface area contributed by atoms with Gasteiger partial charge in [-0.15, -0.1) is 0 Å². The zero-order chi connectivity index (χ0) is 15.7. The summed E-state index contributed by atoms with van der Waals surface area (Å²) in [6, 6.07) is 1.69. The van der Waals surface area contributed by atoms with E-state index in [1.807, 2.05) is 12.1 Å². The molecule has 0 aliphatic carbocycles. The van der Waals surface area contributed by atoms with Crippen molar-refractivity contribution in [3.8, 4) is 12.1 Å². The molecule has 0 heterocycles. The summed E-state index contributed by atoms with van der Waals surface area (Å²) in [5.41, 5.74) is 0. The average molecular weight is 280 g/mol. The Kier molecular flexibility index (Phi) is 7.53. The zero-order valence-electron chi connectivity index (χ0n) is 11.2. The Labute approximate surface area is 116 Å². The SMILES string of the molecule is CC(CC(=O)O)C(C#N)N=NC(C#N)C(C)CC(=O)O. The molecule has 0 aliphatic rings. The fraction of sp³-hybridized carbons (Fsp3) is 0.667. The number of nitriles is 2. The summed E-state index contributed by atoms with van der Waals surface area (Å²) in [4.78, 5) is 21.1. The zero-order valence-corrected chi connectivity index (χ0v) is 11.2. The quantitative estimate of drug-likeness (QED) is 0.643. The molecule has 0 fully saturated rings. The summed E-state index contributed by atoms with van der Waals surface area (Å²) in [5.74, 6) is -3.20. The highest BCUT2D eigenvalue weighted by atomic mass is 16.4. The number of nitrogens with zero attached hydrogens (tertiary/aromatic N) is 4. The third kappa shape index (κ3) is 6.45. The van der Waals surface area contributed by atoms with Crippen LogP contribution in [0.25, 0.3) is 0 Å². The van der Waals surface area contributed by atoms with Gasteiger partial charge < -0.3 is 10.2 Å². The first-order chi connectivity index (χ1) is 9.31. The average Bonchev–Trinajstić information content (AvgIpc) is 2.32. The maximum Gasteiger partial charge on any atom is 0.303 e. The molecule has 0 saturated heterocycles. The van der Waals surface area contributed by atoms with Crippen molar-refractivity contribution < 1.29 is 19.8 Å². The lowest BCUT2D eigenvalue weighted by Crippen LogP contribution is -2.20. The number of hydrogen-bond donors (Lipinski definition) is 2. The first-order valence-corrected chi connectivity index (χ1v) is 5.94. The van der Waals surface area contributed by atoms with Crippen LogP contribution in [-0.2, 0) is 9.59 Å². The predicted molar refractivity (Wildman–Crippen MR) is 66.5 cm³/mol. The third-order valence-corrected chi connectivity index (χ3v) is 2.65. The minimum Gasteiger partial charge on any atom is -0.481 e. The molecule has 4 unspecified atom stereocenters. The molecule has 0 bridgehead atoms. The molecule has 0 aromatic heterocycles. The molecule has 108 valence electrons. The van der Waals surface area contributed by atoms with Crippen molar-refractivity contribution in [3.63, 3.8) is 0 Å². The second kappa shape index (κ2) is 8.59. The van der Waals surface area contributed by atoms with Crippen molar-refractivity contribution in [2.75, 3.05) is 0 Å². The first-order valence-electron chi connectivity index (χ1n) is 5.94. The maximum atomic E-state index is 10.6. The van der Waals surface area contributed by atoms with Crippen molar-refractivity contribution in [2.45, 2.75) is 38.8 Å². The fourth-order valence-electron chi connectivity index (χ4n) is 1.45. The van der Waals surface area contributed by atoms with E-state index in [9.17, 15) is 9.59 Å². The molecule has 8 nitrogen and oxygen atoms in total. The van der Waals surface area contributed by atoms with Gasteiger partial charge in [-0.05, 0) is 0 Å². The Morgan fingerprint density at radius 3 is 1.45 bits per heavy atom. The van der Waals surface area contributed by atoms with Crippen LogP contribution in [0.2, 0.25) is 0 Å². The Morgan fingerprint density at radius 2 is 1.25 bits per heavy atom. The number of carbonyl (C=O) groups is 2. The molecule has 0 aliphatic heterocycles. The van der Waals surface area contributed by atoms with Crippen LogP contribution in [0, 0.1) is 34.5 Å². The highest BCUT2D eigenvalue weighted by Gasteiger charge is 2.22. The number of rotatable bonds is 8. The molecule has 0 radical (unpaired) electrons. The molecule has 8 heteroatoms. The van der Waals surface area contributed by atoms with Gasteiger partial charge in [0.2, 0.25) is 0 Å². The van der Waals surface area contributed by atoms with Gasteiger partial charge in [-0.1, -0.05) is 13.8 Å². The molecular formula is C12H16N4O4. The van der Waals surface area contributed by atoms with Gasteiger partial charge >= 0.3 is 11.9 Å². The fourth-order valence-corrected chi connectivity index (χ4v) is 1.45. The van der Waals surface area contributed by atoms with Crippen LogP contribution >= 0.6 is 0 Å². The molecule has 0 spiro atoms. The van der Waals surface area contributed by atoms with E-state index in [0.717, 1.165) is 0 Å². The monoisotopic (exact) mass is 280 g/mol. The maximum absolute atomic E-state index is 10.6. The van der Waals surface area contributed by atoms with Crippen LogP contribution in [0.5, 0.6) is 0 Å². The van der Waals surface area contributed by atoms with E-state index in [2.05, 4.69) is 10.2 Å². The van der Waals surface area contributed by atoms with Gasteiger partial charge in [0, 0.05) is 11.8 Å². The second-order valence-electron chi connectivity index (χ2n) is 4.53. The molecule has 0 amide bonds. The minimum absolute atomic E-state index is 0.237. The van der Waals surface area contributed by atoms with Crippen molar-refractivity contribution >= 4 is 11.9 Å². The lowest BCUT2D eigenvalue weighted by atomic mass is 9.99. The summed E-state index contributed by atoms with van der Waals surface area (Å²) in [7, 11) is 0. The summed E-state index contributed by atoms with van der Waals surface area (Å²) in [6.07, 6.45) is -0.474. The smallest absolute Gasteiger partial charge is 0.303 e. The highest BCUT2D eigenvalue weighted by Crippen LogP contribution is 2.16. The van der Waals surface area contributed by atoms with Gasteiger partial charge in [0.25, 0.3) is 0 Å². The minimum atomic E-state index is -1.05. The number of hydrogen-bond acceptors (Lipinski definition) is 6. The Bertz CT molecular complexity index is 421. The molecular weight excluding hydrogens is 264 g/mol. The molecule has 20 heavy (non-hydrogen) atoms. The number of azo groups is 1. The summed E-state index contributed by atoms with van der Waals surface area (Å²) >= 11 is 0. The third-order valence-electron chi connectivity index (χ3n) is 2.65. The van der Waals surface area contributed by atoms with E-state index < -0.39 is 35.9 Å². The van der Waals surface area contributed by atoms with Crippen LogP contribution < -0.4 is 0 Å². The van der Waals surface area contributed by atoms with Gasteiger partial charge in [-0.3, -0.25) is 9.59 Å². The van der Waals surface area contributed by atoms with Gasteiger partial charge in [0.15, 0.2) is 12.1 Å². The Balaban J connectivity index is 4.77. The van der Waals surface area contributed by atoms with E-state index >= 15 is 0 Å². The molecule has 0 aromatic carbocycles. The standard InChI is InChI=1S/C12H16N4O4/c1-7(3-11(17)18)9(5-13)15-16-10(6-14)8(2)4-12(19)20/h7-10H,3-4H2,1-2H3,(H,17,18)(H,19,20). The second-order valence-corrected chi connectivity index (χ2v) is 4.53. The van der Waals surface area contributed by atoms with Crippen LogP contribution in [0.15, 0.2) is 10.2 Å². The first kappa shape index (κ1) is 17.5. The van der Waals surface area contributed by atoms with Crippen molar-refractivity contribution in [1.29, 1.82) is 10.5 Å². The summed E-state index contributed by atoms with van der Waals surface area (Å²) in [5, 5.41) is 42.5. The van der Waals surface area contributed by atoms with E-state index in [-0.39, 0.29) is 12.8 Å². The predicted octanol–water partition coefficient (Wildman–Crippen LogP) is 1.44. The lowest BCUT2D eigenvalue weighted by molar-refractivity contribution is -0.139. The normalized spacial score (nSPS) is 16.6. The summed E-state index contributed by atoms with van der Waals surface area (Å²) < 4.78 is 0. The molecule has 4 atom stereocenters. The van der Waals surface area contributed by atoms with E-state index in [0.29, 0.717) is 0 Å². The van der Waals surface area contributed by atoms with Crippen molar-refractivity contribution in [3.05, 3.63) is 0 Å². The van der Waals surface area contributed by atoms with Crippen molar-refractivity contribution in [1.82, 2.24) is 0 Å².